The van der Waals surface area contributed by atoms with Crippen molar-refractivity contribution < 1.29 is 14.3 Å². The Morgan fingerprint density at radius 1 is 0.950 bits per heavy atom. The van der Waals surface area contributed by atoms with Gasteiger partial charge in [0.1, 0.15) is 11.5 Å². The Morgan fingerprint density at radius 2 is 1.60 bits per heavy atom. The lowest BCUT2D eigenvalue weighted by Crippen LogP contribution is -1.99. The number of ether oxygens (including phenoxy) is 2. The fourth-order valence-electron chi connectivity index (χ4n) is 1.90. The third-order valence-electron chi connectivity index (χ3n) is 2.91. The molecule has 0 aliphatic carbocycles. The van der Waals surface area contributed by atoms with E-state index in [2.05, 4.69) is 0 Å². The van der Waals surface area contributed by atoms with Gasteiger partial charge in [-0.05, 0) is 12.1 Å². The number of para-hydroxylation sites is 1. The summed E-state index contributed by atoms with van der Waals surface area (Å²) in [7, 11) is 3.13. The van der Waals surface area contributed by atoms with E-state index in [1.165, 1.54) is 13.2 Å². The zero-order chi connectivity index (χ0) is 14.4. The number of hydrogen-bond donors (Lipinski definition) is 0. The van der Waals surface area contributed by atoms with Gasteiger partial charge in [0.25, 0.3) is 0 Å². The minimum Gasteiger partial charge on any atom is -0.496 e. The summed E-state index contributed by atoms with van der Waals surface area (Å²) in [5, 5.41) is 0. The van der Waals surface area contributed by atoms with E-state index in [1.807, 2.05) is 42.5 Å². The standard InChI is InChI=1S/C17H16O3/c1-19-16-11-7-6-10-14(16)17(20-2)12-15(18)13-8-4-3-5-9-13/h3-12H,1-2H3/b17-12-. The quantitative estimate of drug-likeness (QED) is 0.472. The molecule has 3 heteroatoms. The average Bonchev–Trinajstić information content (AvgIpc) is 2.53. The number of methoxy groups -OCH3 is 2. The summed E-state index contributed by atoms with van der Waals surface area (Å²) >= 11 is 0. The highest BCUT2D eigenvalue weighted by Gasteiger charge is 2.11. The molecule has 2 aromatic rings. The minimum absolute atomic E-state index is 0.103. The van der Waals surface area contributed by atoms with Gasteiger partial charge in [0.2, 0.25) is 0 Å². The molecule has 0 unspecified atom stereocenters. The highest BCUT2D eigenvalue weighted by atomic mass is 16.5. The molecule has 0 fully saturated rings. The molecule has 0 aliphatic rings. The van der Waals surface area contributed by atoms with Gasteiger partial charge in [-0.25, -0.2) is 0 Å². The molecule has 0 spiro atoms. The maximum atomic E-state index is 12.2. The number of carbonyl (C=O) groups excluding carboxylic acids is 1. The number of allylic oxidation sites excluding steroid dienone is 1. The van der Waals surface area contributed by atoms with E-state index in [0.717, 1.165) is 5.56 Å². The van der Waals surface area contributed by atoms with Crippen LogP contribution in [0.1, 0.15) is 15.9 Å². The first-order chi connectivity index (χ1) is 9.76. The van der Waals surface area contributed by atoms with Crippen LogP contribution in [0.25, 0.3) is 5.76 Å². The van der Waals surface area contributed by atoms with E-state index in [4.69, 9.17) is 9.47 Å². The maximum Gasteiger partial charge on any atom is 0.189 e. The van der Waals surface area contributed by atoms with Crippen molar-refractivity contribution in [3.63, 3.8) is 0 Å². The summed E-state index contributed by atoms with van der Waals surface area (Å²) in [6.07, 6.45) is 1.48. The number of carbonyl (C=O) groups is 1. The van der Waals surface area contributed by atoms with Crippen LogP contribution in [0.2, 0.25) is 0 Å². The molecule has 0 saturated heterocycles. The Bertz CT molecular complexity index is 615. The second-order valence-corrected chi connectivity index (χ2v) is 4.14. The van der Waals surface area contributed by atoms with Crippen LogP contribution in [0.15, 0.2) is 60.7 Å². The Labute approximate surface area is 118 Å². The summed E-state index contributed by atoms with van der Waals surface area (Å²) in [5.74, 6) is 1.05. The molecule has 0 aromatic heterocycles. The minimum atomic E-state index is -0.103. The molecule has 0 aliphatic heterocycles. The van der Waals surface area contributed by atoms with E-state index in [1.54, 1.807) is 19.2 Å². The predicted molar refractivity (Wildman–Crippen MR) is 78.8 cm³/mol. The van der Waals surface area contributed by atoms with Gasteiger partial charge in [-0.3, -0.25) is 4.79 Å². The lowest BCUT2D eigenvalue weighted by atomic mass is 10.1. The average molecular weight is 268 g/mol. The van der Waals surface area contributed by atoms with Crippen molar-refractivity contribution in [2.45, 2.75) is 0 Å². The molecule has 0 N–H and O–H groups in total. The zero-order valence-corrected chi connectivity index (χ0v) is 11.5. The predicted octanol–water partition coefficient (Wildman–Crippen LogP) is 3.57. The zero-order valence-electron chi connectivity index (χ0n) is 11.5. The lowest BCUT2D eigenvalue weighted by Gasteiger charge is -2.10. The van der Waals surface area contributed by atoms with Crippen LogP contribution < -0.4 is 4.74 Å². The summed E-state index contributed by atoms with van der Waals surface area (Å²) in [6.45, 7) is 0. The van der Waals surface area contributed by atoms with Crippen molar-refractivity contribution in [2.24, 2.45) is 0 Å². The molecule has 0 heterocycles. The molecule has 20 heavy (non-hydrogen) atoms. The van der Waals surface area contributed by atoms with E-state index in [-0.39, 0.29) is 5.78 Å². The number of rotatable bonds is 5. The topological polar surface area (TPSA) is 35.5 Å². The normalized spacial score (nSPS) is 11.0. The Kier molecular flexibility index (Phi) is 4.56. The highest BCUT2D eigenvalue weighted by Crippen LogP contribution is 2.26. The largest absolute Gasteiger partial charge is 0.496 e. The second-order valence-electron chi connectivity index (χ2n) is 4.14. The van der Waals surface area contributed by atoms with Gasteiger partial charge in [-0.15, -0.1) is 0 Å². The van der Waals surface area contributed by atoms with E-state index < -0.39 is 0 Å². The van der Waals surface area contributed by atoms with Gasteiger partial charge in [0, 0.05) is 11.6 Å². The summed E-state index contributed by atoms with van der Waals surface area (Å²) in [6, 6.07) is 16.5. The third kappa shape index (κ3) is 3.06. The second kappa shape index (κ2) is 6.57. The molecule has 0 amide bonds. The summed E-state index contributed by atoms with van der Waals surface area (Å²) in [4.78, 5) is 12.2. The van der Waals surface area contributed by atoms with Crippen LogP contribution in [0.5, 0.6) is 5.75 Å². The molecule has 0 atom stereocenters. The van der Waals surface area contributed by atoms with Gasteiger partial charge in [0.05, 0.1) is 19.8 Å². The van der Waals surface area contributed by atoms with Gasteiger partial charge >= 0.3 is 0 Å². The first kappa shape index (κ1) is 13.9. The first-order valence-electron chi connectivity index (χ1n) is 6.24. The highest BCUT2D eigenvalue weighted by molar-refractivity contribution is 6.08. The van der Waals surface area contributed by atoms with Crippen molar-refractivity contribution >= 4 is 11.5 Å². The van der Waals surface area contributed by atoms with Crippen LogP contribution in [-0.2, 0) is 4.74 Å². The maximum absolute atomic E-state index is 12.2. The number of hydrogen-bond acceptors (Lipinski definition) is 3. The van der Waals surface area contributed by atoms with Gasteiger partial charge in [0.15, 0.2) is 5.78 Å². The third-order valence-corrected chi connectivity index (χ3v) is 2.91. The van der Waals surface area contributed by atoms with E-state index >= 15 is 0 Å². The van der Waals surface area contributed by atoms with E-state index in [9.17, 15) is 4.79 Å². The number of ketones is 1. The molecular weight excluding hydrogens is 252 g/mol. The van der Waals surface area contributed by atoms with Crippen LogP contribution in [0, 0.1) is 0 Å². The Hall–Kier alpha value is -2.55. The fourth-order valence-corrected chi connectivity index (χ4v) is 1.90. The molecule has 0 radical (unpaired) electrons. The fraction of sp³-hybridized carbons (Fsp3) is 0.118. The summed E-state index contributed by atoms with van der Waals surface area (Å²) in [5.41, 5.74) is 1.37. The van der Waals surface area contributed by atoms with Crippen LogP contribution in [0.4, 0.5) is 0 Å². The molecule has 3 nitrogen and oxygen atoms in total. The molecule has 0 saturated carbocycles. The first-order valence-corrected chi connectivity index (χ1v) is 6.24. The molecular formula is C17H16O3. The lowest BCUT2D eigenvalue weighted by molar-refractivity contribution is 0.104. The van der Waals surface area contributed by atoms with Crippen molar-refractivity contribution in [3.05, 3.63) is 71.8 Å². The molecule has 2 aromatic carbocycles. The van der Waals surface area contributed by atoms with Gasteiger partial charge in [-0.1, -0.05) is 42.5 Å². The number of benzene rings is 2. The van der Waals surface area contributed by atoms with Gasteiger partial charge < -0.3 is 9.47 Å². The summed E-state index contributed by atoms with van der Waals surface area (Å²) < 4.78 is 10.6. The van der Waals surface area contributed by atoms with Gasteiger partial charge in [-0.2, -0.15) is 0 Å². The van der Waals surface area contributed by atoms with Crippen molar-refractivity contribution in [1.29, 1.82) is 0 Å². The van der Waals surface area contributed by atoms with Crippen LogP contribution in [-0.4, -0.2) is 20.0 Å². The van der Waals surface area contributed by atoms with Crippen molar-refractivity contribution in [2.75, 3.05) is 14.2 Å². The molecule has 2 rings (SSSR count). The Morgan fingerprint density at radius 3 is 2.25 bits per heavy atom. The molecule has 0 bridgehead atoms. The monoisotopic (exact) mass is 268 g/mol. The smallest absolute Gasteiger partial charge is 0.189 e. The van der Waals surface area contributed by atoms with Crippen molar-refractivity contribution in [3.8, 4) is 5.75 Å². The van der Waals surface area contributed by atoms with E-state index in [0.29, 0.717) is 17.1 Å². The van der Waals surface area contributed by atoms with Crippen LogP contribution in [0.3, 0.4) is 0 Å². The molecule has 102 valence electrons. The van der Waals surface area contributed by atoms with Crippen LogP contribution >= 0.6 is 0 Å². The SMILES string of the molecule is CO/C(=C\C(=O)c1ccccc1)c1ccccc1OC. The Balaban J connectivity index is 2.37. The van der Waals surface area contributed by atoms with Crippen molar-refractivity contribution in [1.82, 2.24) is 0 Å².